The van der Waals surface area contributed by atoms with Crippen LogP contribution in [0.3, 0.4) is 0 Å². The molecule has 0 atom stereocenters. The Hall–Kier alpha value is -0.830. The van der Waals surface area contributed by atoms with Crippen molar-refractivity contribution in [2.45, 2.75) is 149 Å². The standard InChI is InChI=1S/C28H54O3/c1-4-5-6-7-8-9-10-11-12-13-14-15-16-17-18-19-20-21-22-24-28(29)31-26-23-25-30-27(2)3/h11-12,27H,4-10,13-26H2,1-3H3/b12-11-. The molecule has 0 fully saturated rings. The molecule has 0 aliphatic heterocycles. The second-order valence-corrected chi connectivity index (χ2v) is 9.24. The van der Waals surface area contributed by atoms with Gasteiger partial charge in [0.25, 0.3) is 0 Å². The molecule has 184 valence electrons. The third kappa shape index (κ3) is 27.1. The van der Waals surface area contributed by atoms with Crippen molar-refractivity contribution in [3.8, 4) is 0 Å². The molecule has 0 bridgehead atoms. The summed E-state index contributed by atoms with van der Waals surface area (Å²) in [6, 6.07) is 0. The van der Waals surface area contributed by atoms with Crippen LogP contribution >= 0.6 is 0 Å². The second kappa shape index (κ2) is 25.4. The minimum absolute atomic E-state index is 0.0504. The Morgan fingerprint density at radius 3 is 1.65 bits per heavy atom. The van der Waals surface area contributed by atoms with Crippen molar-refractivity contribution in [2.24, 2.45) is 0 Å². The number of carbonyl (C=O) groups excluding carboxylic acids is 1. The van der Waals surface area contributed by atoms with Gasteiger partial charge in [0.1, 0.15) is 0 Å². The van der Waals surface area contributed by atoms with Crippen LogP contribution in [0.5, 0.6) is 0 Å². The summed E-state index contributed by atoms with van der Waals surface area (Å²) < 4.78 is 10.7. The normalized spacial score (nSPS) is 11.6. The first-order valence-corrected chi connectivity index (χ1v) is 13.6. The van der Waals surface area contributed by atoms with Gasteiger partial charge in [-0.3, -0.25) is 4.79 Å². The SMILES string of the molecule is CCCCCCCC/C=C\CCCCCCCCCCCC(=O)OCCCOC(C)C. The molecule has 0 unspecified atom stereocenters. The Balaban J connectivity index is 3.18. The Morgan fingerprint density at radius 2 is 1.13 bits per heavy atom. The Kier molecular flexibility index (Phi) is 24.7. The molecular formula is C28H54O3. The lowest BCUT2D eigenvalue weighted by atomic mass is 10.1. The van der Waals surface area contributed by atoms with Gasteiger partial charge in [0.05, 0.1) is 19.3 Å². The molecule has 0 heterocycles. The molecule has 0 aliphatic rings. The fourth-order valence-corrected chi connectivity index (χ4v) is 3.68. The van der Waals surface area contributed by atoms with E-state index in [1.807, 2.05) is 13.8 Å². The van der Waals surface area contributed by atoms with Crippen LogP contribution in [0, 0.1) is 0 Å². The summed E-state index contributed by atoms with van der Waals surface area (Å²) >= 11 is 0. The maximum atomic E-state index is 11.7. The maximum absolute atomic E-state index is 11.7. The van der Waals surface area contributed by atoms with E-state index in [1.165, 1.54) is 96.3 Å². The topological polar surface area (TPSA) is 35.5 Å². The van der Waals surface area contributed by atoms with Gasteiger partial charge in [-0.1, -0.05) is 96.1 Å². The molecule has 0 saturated carbocycles. The number of hydrogen-bond donors (Lipinski definition) is 0. The van der Waals surface area contributed by atoms with Crippen LogP contribution in [0.4, 0.5) is 0 Å². The molecule has 0 spiro atoms. The molecule has 0 saturated heterocycles. The highest BCUT2D eigenvalue weighted by Crippen LogP contribution is 2.12. The van der Waals surface area contributed by atoms with Gasteiger partial charge >= 0.3 is 5.97 Å². The highest BCUT2D eigenvalue weighted by atomic mass is 16.5. The smallest absolute Gasteiger partial charge is 0.305 e. The molecule has 0 N–H and O–H groups in total. The molecule has 0 amide bonds. The number of rotatable bonds is 24. The lowest BCUT2D eigenvalue weighted by molar-refractivity contribution is -0.144. The Labute approximate surface area is 194 Å². The summed E-state index contributed by atoms with van der Waals surface area (Å²) in [6.07, 6.45) is 28.8. The van der Waals surface area contributed by atoms with Crippen LogP contribution in [-0.4, -0.2) is 25.3 Å². The zero-order chi connectivity index (χ0) is 22.8. The molecule has 0 aliphatic carbocycles. The average Bonchev–Trinajstić information content (AvgIpc) is 2.75. The number of esters is 1. The molecular weight excluding hydrogens is 384 g/mol. The van der Waals surface area contributed by atoms with Gasteiger partial charge in [-0.25, -0.2) is 0 Å². The summed E-state index contributed by atoms with van der Waals surface area (Å²) in [4.78, 5) is 11.7. The van der Waals surface area contributed by atoms with Crippen molar-refractivity contribution in [2.75, 3.05) is 13.2 Å². The lowest BCUT2D eigenvalue weighted by Crippen LogP contribution is -2.10. The third-order valence-electron chi connectivity index (χ3n) is 5.65. The maximum Gasteiger partial charge on any atom is 0.305 e. The van der Waals surface area contributed by atoms with Crippen molar-refractivity contribution in [1.29, 1.82) is 0 Å². The highest BCUT2D eigenvalue weighted by molar-refractivity contribution is 5.69. The molecule has 3 nitrogen and oxygen atoms in total. The van der Waals surface area contributed by atoms with E-state index in [9.17, 15) is 4.79 Å². The Bertz CT molecular complexity index is 390. The van der Waals surface area contributed by atoms with Gasteiger partial charge in [-0.05, 0) is 46.0 Å². The molecule has 0 rings (SSSR count). The van der Waals surface area contributed by atoms with Gasteiger partial charge in [0, 0.05) is 12.8 Å². The van der Waals surface area contributed by atoms with Crippen LogP contribution < -0.4 is 0 Å². The number of carbonyl (C=O) groups is 1. The van der Waals surface area contributed by atoms with Crippen LogP contribution in [0.1, 0.15) is 143 Å². The first-order valence-electron chi connectivity index (χ1n) is 13.6. The predicted octanol–water partition coefficient (Wildman–Crippen LogP) is 8.94. The largest absolute Gasteiger partial charge is 0.466 e. The van der Waals surface area contributed by atoms with E-state index in [0.717, 1.165) is 19.3 Å². The monoisotopic (exact) mass is 438 g/mol. The predicted molar refractivity (Wildman–Crippen MR) is 135 cm³/mol. The van der Waals surface area contributed by atoms with Crippen LogP contribution in [0.15, 0.2) is 12.2 Å². The van der Waals surface area contributed by atoms with E-state index < -0.39 is 0 Å². The van der Waals surface area contributed by atoms with Crippen LogP contribution in [-0.2, 0) is 14.3 Å². The molecule has 0 radical (unpaired) electrons. The van der Waals surface area contributed by atoms with E-state index >= 15 is 0 Å². The van der Waals surface area contributed by atoms with Gasteiger partial charge in [0.2, 0.25) is 0 Å². The second-order valence-electron chi connectivity index (χ2n) is 9.24. The van der Waals surface area contributed by atoms with Crippen LogP contribution in [0.25, 0.3) is 0 Å². The van der Waals surface area contributed by atoms with Crippen molar-refractivity contribution in [3.63, 3.8) is 0 Å². The average molecular weight is 439 g/mol. The van der Waals surface area contributed by atoms with Crippen molar-refractivity contribution < 1.29 is 14.3 Å². The van der Waals surface area contributed by atoms with Gasteiger partial charge in [-0.2, -0.15) is 0 Å². The molecule has 0 aromatic heterocycles. The summed E-state index contributed by atoms with van der Waals surface area (Å²) in [7, 11) is 0. The van der Waals surface area contributed by atoms with Crippen molar-refractivity contribution in [1.82, 2.24) is 0 Å². The fraction of sp³-hybridized carbons (Fsp3) is 0.893. The highest BCUT2D eigenvalue weighted by Gasteiger charge is 2.03. The zero-order valence-corrected chi connectivity index (χ0v) is 21.3. The lowest BCUT2D eigenvalue weighted by Gasteiger charge is -2.08. The van der Waals surface area contributed by atoms with Crippen LogP contribution in [0.2, 0.25) is 0 Å². The van der Waals surface area contributed by atoms with E-state index in [2.05, 4.69) is 19.1 Å². The van der Waals surface area contributed by atoms with E-state index in [4.69, 9.17) is 9.47 Å². The summed E-state index contributed by atoms with van der Waals surface area (Å²) in [5.74, 6) is -0.0504. The first-order chi connectivity index (χ1) is 15.2. The number of unbranched alkanes of at least 4 members (excludes halogenated alkanes) is 15. The number of allylic oxidation sites excluding steroid dienone is 2. The molecule has 0 aromatic carbocycles. The van der Waals surface area contributed by atoms with E-state index in [1.54, 1.807) is 0 Å². The number of hydrogen-bond acceptors (Lipinski definition) is 3. The molecule has 0 aromatic rings. The third-order valence-corrected chi connectivity index (χ3v) is 5.65. The molecule has 3 heteroatoms. The van der Waals surface area contributed by atoms with E-state index in [-0.39, 0.29) is 12.1 Å². The summed E-state index contributed by atoms with van der Waals surface area (Å²) in [5.41, 5.74) is 0. The summed E-state index contributed by atoms with van der Waals surface area (Å²) in [5, 5.41) is 0. The number of ether oxygens (including phenoxy) is 2. The van der Waals surface area contributed by atoms with Gasteiger partial charge in [-0.15, -0.1) is 0 Å². The molecule has 31 heavy (non-hydrogen) atoms. The van der Waals surface area contributed by atoms with Crippen molar-refractivity contribution >= 4 is 5.97 Å². The fourth-order valence-electron chi connectivity index (χ4n) is 3.68. The van der Waals surface area contributed by atoms with Gasteiger partial charge < -0.3 is 9.47 Å². The quantitative estimate of drug-likeness (QED) is 0.0857. The Morgan fingerprint density at radius 1 is 0.645 bits per heavy atom. The first kappa shape index (κ1) is 30.2. The van der Waals surface area contributed by atoms with E-state index in [0.29, 0.717) is 19.6 Å². The minimum atomic E-state index is -0.0504. The summed E-state index contributed by atoms with van der Waals surface area (Å²) in [6.45, 7) is 7.47. The van der Waals surface area contributed by atoms with Gasteiger partial charge in [0.15, 0.2) is 0 Å². The van der Waals surface area contributed by atoms with Crippen molar-refractivity contribution in [3.05, 3.63) is 12.2 Å². The zero-order valence-electron chi connectivity index (χ0n) is 21.3. The minimum Gasteiger partial charge on any atom is -0.466 e.